The van der Waals surface area contributed by atoms with E-state index in [1.54, 1.807) is 12.1 Å². The third kappa shape index (κ3) is 2.12. The molecule has 1 heterocycles. The quantitative estimate of drug-likeness (QED) is 0.837. The molecule has 4 unspecified atom stereocenters. The zero-order chi connectivity index (χ0) is 14.5. The highest BCUT2D eigenvalue weighted by molar-refractivity contribution is 6.31. The molecule has 1 N–H and O–H groups in total. The lowest BCUT2D eigenvalue weighted by Crippen LogP contribution is -2.45. The monoisotopic (exact) mass is 295 g/mol. The Labute approximate surface area is 123 Å². The number of rotatable bonds is 1. The van der Waals surface area contributed by atoms with Gasteiger partial charge in [-0.15, -0.1) is 0 Å². The number of benzene rings is 1. The van der Waals surface area contributed by atoms with E-state index in [0.29, 0.717) is 22.9 Å². The number of hydrogen-bond donors (Lipinski definition) is 1. The second-order valence-corrected chi connectivity index (χ2v) is 7.03. The summed E-state index contributed by atoms with van der Waals surface area (Å²) in [6.07, 6.45) is 2.20. The van der Waals surface area contributed by atoms with E-state index in [4.69, 9.17) is 11.6 Å². The van der Waals surface area contributed by atoms with E-state index in [1.807, 2.05) is 0 Å². The molecule has 0 aromatic heterocycles. The molecule has 4 atom stereocenters. The van der Waals surface area contributed by atoms with Gasteiger partial charge in [0.25, 0.3) is 0 Å². The molecule has 1 aromatic rings. The third-order valence-electron chi connectivity index (χ3n) is 4.98. The van der Waals surface area contributed by atoms with Crippen molar-refractivity contribution in [3.63, 3.8) is 0 Å². The van der Waals surface area contributed by atoms with Crippen molar-refractivity contribution in [2.24, 2.45) is 11.3 Å². The van der Waals surface area contributed by atoms with Crippen molar-refractivity contribution >= 4 is 17.5 Å². The van der Waals surface area contributed by atoms with Crippen molar-refractivity contribution < 1.29 is 9.18 Å². The fourth-order valence-corrected chi connectivity index (χ4v) is 4.57. The summed E-state index contributed by atoms with van der Waals surface area (Å²) in [7, 11) is 0. The van der Waals surface area contributed by atoms with E-state index >= 15 is 0 Å². The van der Waals surface area contributed by atoms with Crippen LogP contribution in [0, 0.1) is 17.2 Å². The number of halogens is 2. The number of fused-ring (bicyclic) bond motifs is 1. The van der Waals surface area contributed by atoms with Crippen LogP contribution in [0.25, 0.3) is 0 Å². The largest absolute Gasteiger partial charge is 0.353 e. The van der Waals surface area contributed by atoms with Crippen molar-refractivity contribution in [3.05, 3.63) is 34.6 Å². The van der Waals surface area contributed by atoms with Gasteiger partial charge in [0.1, 0.15) is 5.82 Å². The van der Waals surface area contributed by atoms with Crippen LogP contribution < -0.4 is 5.32 Å². The Hall–Kier alpha value is -1.09. The van der Waals surface area contributed by atoms with E-state index in [-0.39, 0.29) is 29.1 Å². The second-order valence-electron chi connectivity index (χ2n) is 6.63. The zero-order valence-corrected chi connectivity index (χ0v) is 12.5. The van der Waals surface area contributed by atoms with Crippen LogP contribution in [0.1, 0.15) is 44.6 Å². The summed E-state index contributed by atoms with van der Waals surface area (Å²) in [5.41, 5.74) is 0.533. The summed E-state index contributed by atoms with van der Waals surface area (Å²) < 4.78 is 14.1. The van der Waals surface area contributed by atoms with Gasteiger partial charge in [0.05, 0.1) is 0 Å². The van der Waals surface area contributed by atoms with Gasteiger partial charge in [0.2, 0.25) is 5.91 Å². The highest BCUT2D eigenvalue weighted by atomic mass is 35.5. The van der Waals surface area contributed by atoms with Crippen LogP contribution in [-0.2, 0) is 4.79 Å². The van der Waals surface area contributed by atoms with Gasteiger partial charge in [-0.2, -0.15) is 0 Å². The third-order valence-corrected chi connectivity index (χ3v) is 5.31. The predicted octanol–water partition coefficient (Wildman–Crippen LogP) is 3.89. The first kappa shape index (κ1) is 13.9. The van der Waals surface area contributed by atoms with Gasteiger partial charge < -0.3 is 5.32 Å². The molecule has 20 heavy (non-hydrogen) atoms. The second kappa shape index (κ2) is 4.73. The molecule has 1 aromatic carbocycles. The van der Waals surface area contributed by atoms with Crippen LogP contribution >= 0.6 is 11.6 Å². The van der Waals surface area contributed by atoms with Crippen LogP contribution in [0.2, 0.25) is 5.02 Å². The summed E-state index contributed by atoms with van der Waals surface area (Å²) in [5, 5.41) is 3.58. The van der Waals surface area contributed by atoms with Crippen LogP contribution in [0.4, 0.5) is 4.39 Å². The fraction of sp³-hybridized carbons (Fsp3) is 0.562. The molecule has 1 aliphatic carbocycles. The Morgan fingerprint density at radius 2 is 2.20 bits per heavy atom. The minimum absolute atomic E-state index is 0.0904. The molecule has 2 nitrogen and oxygen atoms in total. The Morgan fingerprint density at radius 1 is 1.45 bits per heavy atom. The first-order chi connectivity index (χ1) is 9.40. The predicted molar refractivity (Wildman–Crippen MR) is 77.2 cm³/mol. The van der Waals surface area contributed by atoms with Crippen LogP contribution in [0.15, 0.2) is 18.2 Å². The minimum atomic E-state index is -0.228. The average Bonchev–Trinajstić information content (AvgIpc) is 2.64. The highest BCUT2D eigenvalue weighted by Crippen LogP contribution is 2.51. The number of hydrogen-bond acceptors (Lipinski definition) is 1. The Balaban J connectivity index is 1.96. The molecule has 4 heteroatoms. The maximum absolute atomic E-state index is 14.1. The molecule has 108 valence electrons. The van der Waals surface area contributed by atoms with Gasteiger partial charge in [0.15, 0.2) is 0 Å². The first-order valence-corrected chi connectivity index (χ1v) is 7.52. The highest BCUT2D eigenvalue weighted by Gasteiger charge is 2.50. The average molecular weight is 296 g/mol. The number of amides is 1. The molecule has 1 saturated carbocycles. The molecule has 2 fully saturated rings. The van der Waals surface area contributed by atoms with Crippen LogP contribution in [-0.4, -0.2) is 11.9 Å². The van der Waals surface area contributed by atoms with Crippen molar-refractivity contribution in [2.45, 2.75) is 45.1 Å². The van der Waals surface area contributed by atoms with Crippen molar-refractivity contribution in [1.82, 2.24) is 5.32 Å². The molecule has 0 radical (unpaired) electrons. The zero-order valence-electron chi connectivity index (χ0n) is 11.7. The van der Waals surface area contributed by atoms with Gasteiger partial charge in [0, 0.05) is 23.0 Å². The van der Waals surface area contributed by atoms with Gasteiger partial charge in [-0.1, -0.05) is 31.5 Å². The van der Waals surface area contributed by atoms with E-state index in [2.05, 4.69) is 19.2 Å². The standard InChI is InChI=1S/C16H19ClFNO/c1-9-6-10(14-11(17)4-3-5-12(14)18)7-16(2)8-13(20)19-15(9)16/h3-5,9-10,15H,6-8H2,1-2H3,(H,19,20). The normalized spacial score (nSPS) is 36.6. The molecular weight excluding hydrogens is 277 g/mol. The van der Waals surface area contributed by atoms with Crippen molar-refractivity contribution in [3.8, 4) is 0 Å². The maximum Gasteiger partial charge on any atom is 0.220 e. The van der Waals surface area contributed by atoms with Gasteiger partial charge in [-0.3, -0.25) is 4.79 Å². The molecule has 1 saturated heterocycles. The molecule has 2 aliphatic rings. The van der Waals surface area contributed by atoms with Gasteiger partial charge in [-0.25, -0.2) is 4.39 Å². The van der Waals surface area contributed by atoms with Crippen molar-refractivity contribution in [1.29, 1.82) is 0 Å². The minimum Gasteiger partial charge on any atom is -0.353 e. The lowest BCUT2D eigenvalue weighted by molar-refractivity contribution is -0.119. The summed E-state index contributed by atoms with van der Waals surface area (Å²) in [4.78, 5) is 11.7. The molecule has 1 amide bonds. The number of carbonyl (C=O) groups is 1. The SMILES string of the molecule is CC1CC(c2c(F)cccc2Cl)CC2(C)CC(=O)NC12. The van der Waals surface area contributed by atoms with Crippen LogP contribution in [0.5, 0.6) is 0 Å². The molecule has 3 rings (SSSR count). The molecular formula is C16H19ClFNO. The Kier molecular flexibility index (Phi) is 3.28. The van der Waals surface area contributed by atoms with E-state index in [9.17, 15) is 9.18 Å². The maximum atomic E-state index is 14.1. The summed E-state index contributed by atoms with van der Waals surface area (Å²) in [5.74, 6) is 0.312. The molecule has 1 aliphatic heterocycles. The summed E-state index contributed by atoms with van der Waals surface area (Å²) >= 11 is 6.20. The topological polar surface area (TPSA) is 29.1 Å². The smallest absolute Gasteiger partial charge is 0.220 e. The molecule has 0 spiro atoms. The fourth-order valence-electron chi connectivity index (χ4n) is 4.26. The van der Waals surface area contributed by atoms with Crippen molar-refractivity contribution in [2.75, 3.05) is 0 Å². The summed E-state index contributed by atoms with van der Waals surface area (Å²) in [6, 6.07) is 5.06. The lowest BCUT2D eigenvalue weighted by atomic mass is 9.62. The first-order valence-electron chi connectivity index (χ1n) is 7.14. The Bertz CT molecular complexity index is 541. The van der Waals surface area contributed by atoms with E-state index < -0.39 is 0 Å². The van der Waals surface area contributed by atoms with Crippen LogP contribution in [0.3, 0.4) is 0 Å². The van der Waals surface area contributed by atoms with Gasteiger partial charge >= 0.3 is 0 Å². The Morgan fingerprint density at radius 3 is 2.90 bits per heavy atom. The van der Waals surface area contributed by atoms with E-state index in [1.165, 1.54) is 6.07 Å². The summed E-state index contributed by atoms with van der Waals surface area (Å²) in [6.45, 7) is 4.27. The van der Waals surface area contributed by atoms with E-state index in [0.717, 1.165) is 12.8 Å². The lowest BCUT2D eigenvalue weighted by Gasteiger charge is -2.43. The van der Waals surface area contributed by atoms with Gasteiger partial charge in [-0.05, 0) is 42.2 Å². The molecule has 0 bridgehead atoms. The number of carbonyl (C=O) groups excluding carboxylic acids is 1. The number of nitrogens with one attached hydrogen (secondary N) is 1.